The summed E-state index contributed by atoms with van der Waals surface area (Å²) in [5, 5.41) is 11.3. The Kier molecular flexibility index (Phi) is 5.67. The Balaban J connectivity index is 1.66. The number of methoxy groups -OCH3 is 1. The summed E-state index contributed by atoms with van der Waals surface area (Å²) in [5.41, 5.74) is 0.800. The molecule has 9 heteroatoms. The van der Waals surface area contributed by atoms with Crippen LogP contribution in [0, 0.1) is 0 Å². The molecule has 1 saturated heterocycles. The standard InChI is InChI=1S/C17H22N6O3/c1-3-26-17(24)23-10-8-22(9-11-23)16-20-15(12-18-21-16)19-13-6-4-5-7-14(13)25-2/h4-7,12H,3,8-11H2,1-2H3,(H,19,20,21). The number of nitrogens with zero attached hydrogens (tertiary/aromatic N) is 5. The van der Waals surface area contributed by atoms with Gasteiger partial charge in [-0.05, 0) is 19.1 Å². The van der Waals surface area contributed by atoms with Gasteiger partial charge in [-0.1, -0.05) is 12.1 Å². The lowest BCUT2D eigenvalue weighted by atomic mass is 10.3. The van der Waals surface area contributed by atoms with Gasteiger partial charge in [0.05, 0.1) is 25.6 Å². The van der Waals surface area contributed by atoms with Crippen molar-refractivity contribution in [2.75, 3.05) is 50.1 Å². The number of anilines is 3. The summed E-state index contributed by atoms with van der Waals surface area (Å²) >= 11 is 0. The minimum absolute atomic E-state index is 0.280. The van der Waals surface area contributed by atoms with E-state index in [-0.39, 0.29) is 6.09 Å². The fourth-order valence-corrected chi connectivity index (χ4v) is 2.68. The number of hydrogen-bond acceptors (Lipinski definition) is 8. The number of amides is 1. The van der Waals surface area contributed by atoms with E-state index >= 15 is 0 Å². The molecule has 1 N–H and O–H groups in total. The third kappa shape index (κ3) is 4.11. The van der Waals surface area contributed by atoms with Gasteiger partial charge in [0, 0.05) is 26.2 Å². The molecule has 9 nitrogen and oxygen atoms in total. The van der Waals surface area contributed by atoms with Crippen LogP contribution in [0.3, 0.4) is 0 Å². The molecule has 0 saturated carbocycles. The first kappa shape index (κ1) is 17.7. The zero-order valence-corrected chi connectivity index (χ0v) is 14.9. The van der Waals surface area contributed by atoms with Crippen LogP contribution in [-0.4, -0.2) is 66.1 Å². The zero-order chi connectivity index (χ0) is 18.4. The minimum Gasteiger partial charge on any atom is -0.495 e. The van der Waals surface area contributed by atoms with Gasteiger partial charge in [-0.15, -0.1) is 5.10 Å². The van der Waals surface area contributed by atoms with Gasteiger partial charge < -0.3 is 24.6 Å². The number of nitrogens with one attached hydrogen (secondary N) is 1. The van der Waals surface area contributed by atoms with Crippen molar-refractivity contribution < 1.29 is 14.3 Å². The molecule has 2 aromatic rings. The summed E-state index contributed by atoms with van der Waals surface area (Å²) in [6.07, 6.45) is 1.28. The SMILES string of the molecule is CCOC(=O)N1CCN(c2nncc(Nc3ccccc3OC)n2)CC1. The molecule has 0 aliphatic carbocycles. The van der Waals surface area contributed by atoms with E-state index in [1.807, 2.05) is 29.2 Å². The Bertz CT molecular complexity index is 749. The molecule has 138 valence electrons. The van der Waals surface area contributed by atoms with Gasteiger partial charge in [0.25, 0.3) is 0 Å². The van der Waals surface area contributed by atoms with E-state index < -0.39 is 0 Å². The summed E-state index contributed by atoms with van der Waals surface area (Å²) in [4.78, 5) is 20.0. The van der Waals surface area contributed by atoms with Crippen LogP contribution in [0.1, 0.15) is 6.92 Å². The molecule has 1 amide bonds. The lowest BCUT2D eigenvalue weighted by Gasteiger charge is -2.33. The Morgan fingerprint density at radius 2 is 2.00 bits per heavy atom. The van der Waals surface area contributed by atoms with E-state index in [0.717, 1.165) is 11.4 Å². The molecule has 1 aliphatic heterocycles. The van der Waals surface area contributed by atoms with Crippen molar-refractivity contribution in [1.82, 2.24) is 20.1 Å². The van der Waals surface area contributed by atoms with Crippen molar-refractivity contribution in [3.05, 3.63) is 30.5 Å². The monoisotopic (exact) mass is 358 g/mol. The average Bonchev–Trinajstić information content (AvgIpc) is 2.69. The average molecular weight is 358 g/mol. The lowest BCUT2D eigenvalue weighted by molar-refractivity contribution is 0.105. The van der Waals surface area contributed by atoms with Gasteiger partial charge in [0.1, 0.15) is 5.75 Å². The summed E-state index contributed by atoms with van der Waals surface area (Å²) < 4.78 is 10.4. The quantitative estimate of drug-likeness (QED) is 0.866. The number of para-hydroxylation sites is 2. The number of piperazine rings is 1. The summed E-state index contributed by atoms with van der Waals surface area (Å²) in [7, 11) is 1.62. The zero-order valence-electron chi connectivity index (χ0n) is 14.9. The molecule has 1 fully saturated rings. The summed E-state index contributed by atoms with van der Waals surface area (Å²) in [6, 6.07) is 7.58. The van der Waals surface area contributed by atoms with E-state index in [1.165, 1.54) is 0 Å². The normalized spacial score (nSPS) is 14.1. The van der Waals surface area contributed by atoms with E-state index in [4.69, 9.17) is 9.47 Å². The Morgan fingerprint density at radius 1 is 1.23 bits per heavy atom. The molecule has 0 atom stereocenters. The van der Waals surface area contributed by atoms with E-state index in [0.29, 0.717) is 44.6 Å². The largest absolute Gasteiger partial charge is 0.495 e. The van der Waals surface area contributed by atoms with Gasteiger partial charge in [0.2, 0.25) is 5.95 Å². The number of aromatic nitrogens is 3. The second-order valence-electron chi connectivity index (χ2n) is 5.64. The van der Waals surface area contributed by atoms with Crippen LogP contribution >= 0.6 is 0 Å². The maximum absolute atomic E-state index is 11.8. The number of rotatable bonds is 5. The molecule has 0 spiro atoms. The predicted octanol–water partition coefficient (Wildman–Crippen LogP) is 1.90. The topological polar surface area (TPSA) is 92.7 Å². The van der Waals surface area contributed by atoms with Gasteiger partial charge in [-0.25, -0.2) is 4.79 Å². The van der Waals surface area contributed by atoms with Crippen LogP contribution in [0.5, 0.6) is 5.75 Å². The highest BCUT2D eigenvalue weighted by Gasteiger charge is 2.23. The fraction of sp³-hybridized carbons (Fsp3) is 0.412. The van der Waals surface area contributed by atoms with E-state index in [2.05, 4.69) is 20.5 Å². The first-order valence-electron chi connectivity index (χ1n) is 8.47. The predicted molar refractivity (Wildman–Crippen MR) is 96.9 cm³/mol. The maximum Gasteiger partial charge on any atom is 0.409 e. The van der Waals surface area contributed by atoms with Gasteiger partial charge in [0.15, 0.2) is 5.82 Å². The highest BCUT2D eigenvalue weighted by Crippen LogP contribution is 2.26. The molecule has 0 bridgehead atoms. The number of carbonyl (C=O) groups is 1. The number of ether oxygens (including phenoxy) is 2. The van der Waals surface area contributed by atoms with Crippen molar-refractivity contribution in [3.8, 4) is 5.75 Å². The van der Waals surface area contributed by atoms with Gasteiger partial charge in [-0.3, -0.25) is 0 Å². The third-order valence-electron chi connectivity index (χ3n) is 4.01. The Labute approximate surface area is 151 Å². The van der Waals surface area contributed by atoms with Crippen LogP contribution in [0.2, 0.25) is 0 Å². The second-order valence-corrected chi connectivity index (χ2v) is 5.64. The Morgan fingerprint density at radius 3 is 2.73 bits per heavy atom. The van der Waals surface area contributed by atoms with Crippen molar-refractivity contribution in [2.24, 2.45) is 0 Å². The summed E-state index contributed by atoms with van der Waals surface area (Å²) in [6.45, 7) is 4.55. The first-order chi connectivity index (χ1) is 12.7. The van der Waals surface area contributed by atoms with Crippen molar-refractivity contribution in [2.45, 2.75) is 6.92 Å². The summed E-state index contributed by atoms with van der Waals surface area (Å²) in [5.74, 6) is 1.82. The first-order valence-corrected chi connectivity index (χ1v) is 8.47. The highest BCUT2D eigenvalue weighted by molar-refractivity contribution is 5.68. The smallest absolute Gasteiger partial charge is 0.409 e. The maximum atomic E-state index is 11.8. The molecule has 1 aromatic heterocycles. The van der Waals surface area contributed by atoms with Crippen LogP contribution in [0.15, 0.2) is 30.5 Å². The number of benzene rings is 1. The molecular weight excluding hydrogens is 336 g/mol. The molecule has 1 aliphatic rings. The van der Waals surface area contributed by atoms with Crippen LogP contribution in [0.25, 0.3) is 0 Å². The number of carbonyl (C=O) groups excluding carboxylic acids is 1. The lowest BCUT2D eigenvalue weighted by Crippen LogP contribution is -2.49. The minimum atomic E-state index is -0.280. The van der Waals surface area contributed by atoms with Crippen LogP contribution < -0.4 is 15.0 Å². The van der Waals surface area contributed by atoms with Crippen LogP contribution in [0.4, 0.5) is 22.2 Å². The molecule has 0 unspecified atom stereocenters. The second kappa shape index (κ2) is 8.32. The fourth-order valence-electron chi connectivity index (χ4n) is 2.68. The molecule has 2 heterocycles. The van der Waals surface area contributed by atoms with Crippen LogP contribution in [-0.2, 0) is 4.74 Å². The highest BCUT2D eigenvalue weighted by atomic mass is 16.6. The van der Waals surface area contributed by atoms with E-state index in [9.17, 15) is 4.79 Å². The van der Waals surface area contributed by atoms with Crippen molar-refractivity contribution in [1.29, 1.82) is 0 Å². The van der Waals surface area contributed by atoms with E-state index in [1.54, 1.807) is 25.1 Å². The molecule has 3 rings (SSSR count). The molecule has 26 heavy (non-hydrogen) atoms. The Hall–Kier alpha value is -3.10. The number of hydrogen-bond donors (Lipinski definition) is 1. The van der Waals surface area contributed by atoms with Crippen molar-refractivity contribution >= 4 is 23.5 Å². The third-order valence-corrected chi connectivity index (χ3v) is 4.01. The molecule has 1 aromatic carbocycles. The molecule has 0 radical (unpaired) electrons. The molecular formula is C17H22N6O3. The van der Waals surface area contributed by atoms with Gasteiger partial charge >= 0.3 is 6.09 Å². The van der Waals surface area contributed by atoms with Crippen molar-refractivity contribution in [3.63, 3.8) is 0 Å². The van der Waals surface area contributed by atoms with Gasteiger partial charge in [-0.2, -0.15) is 10.1 Å².